The van der Waals surface area contributed by atoms with Gasteiger partial charge in [0.1, 0.15) is 0 Å². The predicted octanol–water partition coefficient (Wildman–Crippen LogP) is 7.24. The Morgan fingerprint density at radius 1 is 1.06 bits per heavy atom. The summed E-state index contributed by atoms with van der Waals surface area (Å²) < 4.78 is 40.8. The van der Waals surface area contributed by atoms with Crippen molar-refractivity contribution < 1.29 is 18.0 Å². The van der Waals surface area contributed by atoms with Crippen molar-refractivity contribution in [3.63, 3.8) is 0 Å². The molecule has 4 rings (SSSR count). The number of aromatic amines is 1. The molecule has 0 fully saturated rings. The number of nitrogens with one attached hydrogen (secondary N) is 2. The van der Waals surface area contributed by atoms with E-state index in [0.717, 1.165) is 40.1 Å². The molecule has 34 heavy (non-hydrogen) atoms. The van der Waals surface area contributed by atoms with Crippen LogP contribution in [0.5, 0.6) is 0 Å². The van der Waals surface area contributed by atoms with Gasteiger partial charge < -0.3 is 10.3 Å². The van der Waals surface area contributed by atoms with Crippen LogP contribution < -0.4 is 5.32 Å². The van der Waals surface area contributed by atoms with Gasteiger partial charge in [0.2, 0.25) is 5.91 Å². The molecule has 0 spiro atoms. The van der Waals surface area contributed by atoms with E-state index in [2.05, 4.69) is 10.3 Å². The maximum absolute atomic E-state index is 13.6. The van der Waals surface area contributed by atoms with Gasteiger partial charge >= 0.3 is 6.18 Å². The summed E-state index contributed by atoms with van der Waals surface area (Å²) in [6.45, 7) is 2.38. The van der Waals surface area contributed by atoms with Gasteiger partial charge in [0.15, 0.2) is 0 Å². The fraction of sp³-hybridized carbons (Fsp3) is 0.222. The second-order valence-corrected chi connectivity index (χ2v) is 8.60. The van der Waals surface area contributed by atoms with Crippen molar-refractivity contribution >= 4 is 28.4 Å². The fourth-order valence-electron chi connectivity index (χ4n) is 4.26. The number of fused-ring (bicyclic) bond motifs is 1. The monoisotopic (exact) mass is 484 g/mol. The van der Waals surface area contributed by atoms with E-state index in [1.165, 1.54) is 6.07 Å². The highest BCUT2D eigenvalue weighted by Gasteiger charge is 2.34. The quantitative estimate of drug-likeness (QED) is 0.285. The van der Waals surface area contributed by atoms with Crippen LogP contribution in [0.1, 0.15) is 47.1 Å². The molecule has 0 aliphatic heterocycles. The van der Waals surface area contributed by atoms with Crippen LogP contribution >= 0.6 is 11.6 Å². The third kappa shape index (κ3) is 5.12. The van der Waals surface area contributed by atoms with Crippen LogP contribution in [0.4, 0.5) is 13.2 Å². The largest absolute Gasteiger partial charge is 0.417 e. The van der Waals surface area contributed by atoms with Crippen LogP contribution in [0.25, 0.3) is 10.9 Å². The van der Waals surface area contributed by atoms with Crippen molar-refractivity contribution in [2.75, 3.05) is 0 Å². The lowest BCUT2D eigenvalue weighted by Crippen LogP contribution is -2.25. The number of hydrogen-bond acceptors (Lipinski definition) is 1. The molecule has 4 aromatic rings. The maximum Gasteiger partial charge on any atom is 0.417 e. The standard InChI is InChI=1S/C27H24ClF3N2O/c1-2-18-9-6-10-20-22(16-33-26(18)20)21(14-25(34)32-15-17-7-4-3-5-8-17)19-11-12-24(28)23(13-19)27(29,30)31/h3-13,16,21,33H,2,14-15H2,1H3,(H,32,34)/t21-/m1/s1. The Bertz CT molecular complexity index is 1300. The molecule has 0 saturated heterocycles. The molecule has 0 radical (unpaired) electrons. The molecule has 1 heterocycles. The first kappa shape index (κ1) is 23.9. The fourth-order valence-corrected chi connectivity index (χ4v) is 4.48. The Labute approximate surface area is 201 Å². The molecule has 3 aromatic carbocycles. The van der Waals surface area contributed by atoms with Gasteiger partial charge in [0.25, 0.3) is 0 Å². The Kier molecular flexibility index (Phi) is 6.98. The lowest BCUT2D eigenvalue weighted by Gasteiger charge is -2.19. The number of rotatable bonds is 7. The Morgan fingerprint density at radius 2 is 1.82 bits per heavy atom. The third-order valence-electron chi connectivity index (χ3n) is 6.01. The van der Waals surface area contributed by atoms with Crippen LogP contribution in [0.15, 0.2) is 72.9 Å². The van der Waals surface area contributed by atoms with Gasteiger partial charge in [-0.2, -0.15) is 13.2 Å². The first-order chi connectivity index (χ1) is 16.3. The molecule has 0 bridgehead atoms. The number of benzene rings is 3. The minimum Gasteiger partial charge on any atom is -0.361 e. The Morgan fingerprint density at radius 3 is 2.53 bits per heavy atom. The Balaban J connectivity index is 1.72. The molecule has 0 aliphatic carbocycles. The number of aromatic nitrogens is 1. The molecule has 7 heteroatoms. The average Bonchev–Trinajstić information content (AvgIpc) is 3.25. The lowest BCUT2D eigenvalue weighted by atomic mass is 9.86. The van der Waals surface area contributed by atoms with Gasteiger partial charge in [0.05, 0.1) is 10.6 Å². The molecule has 3 nitrogen and oxygen atoms in total. The molecule has 0 unspecified atom stereocenters. The second-order valence-electron chi connectivity index (χ2n) is 8.19. The van der Waals surface area contributed by atoms with Crippen LogP contribution in [0, 0.1) is 0 Å². The van der Waals surface area contributed by atoms with E-state index in [9.17, 15) is 18.0 Å². The summed E-state index contributed by atoms with van der Waals surface area (Å²) in [5.74, 6) is -0.839. The molecule has 176 valence electrons. The molecular weight excluding hydrogens is 461 g/mol. The van der Waals surface area contributed by atoms with Gasteiger partial charge in [-0.05, 0) is 40.8 Å². The van der Waals surface area contributed by atoms with Crippen molar-refractivity contribution in [1.29, 1.82) is 0 Å². The van der Waals surface area contributed by atoms with E-state index in [-0.39, 0.29) is 17.4 Å². The number of alkyl halides is 3. The smallest absolute Gasteiger partial charge is 0.361 e. The molecule has 1 aromatic heterocycles. The number of amides is 1. The maximum atomic E-state index is 13.6. The van der Waals surface area contributed by atoms with Crippen LogP contribution in [0.2, 0.25) is 5.02 Å². The van der Waals surface area contributed by atoms with E-state index < -0.39 is 17.7 Å². The van der Waals surface area contributed by atoms with Crippen LogP contribution in [-0.2, 0) is 23.9 Å². The molecule has 2 N–H and O–H groups in total. The highest BCUT2D eigenvalue weighted by molar-refractivity contribution is 6.31. The summed E-state index contributed by atoms with van der Waals surface area (Å²) in [4.78, 5) is 16.2. The summed E-state index contributed by atoms with van der Waals surface area (Å²) >= 11 is 5.86. The van der Waals surface area contributed by atoms with Crippen molar-refractivity contribution in [2.24, 2.45) is 0 Å². The zero-order chi connectivity index (χ0) is 24.3. The SMILES string of the molecule is CCc1cccc2c([C@H](CC(=O)NCc3ccccc3)c3ccc(Cl)c(C(F)(F)F)c3)c[nH]c12. The van der Waals surface area contributed by atoms with Gasteiger partial charge in [-0.15, -0.1) is 0 Å². The van der Waals surface area contributed by atoms with Crippen molar-refractivity contribution in [3.05, 3.63) is 106 Å². The number of carbonyl (C=O) groups is 1. The highest BCUT2D eigenvalue weighted by Crippen LogP contribution is 2.40. The number of hydrogen-bond donors (Lipinski definition) is 2. The predicted molar refractivity (Wildman–Crippen MR) is 129 cm³/mol. The second kappa shape index (κ2) is 9.94. The number of para-hydroxylation sites is 1. The molecule has 1 amide bonds. The molecule has 0 saturated carbocycles. The van der Waals surface area contributed by atoms with Gasteiger partial charge in [-0.3, -0.25) is 4.79 Å². The highest BCUT2D eigenvalue weighted by atomic mass is 35.5. The molecule has 1 atom stereocenters. The van der Waals surface area contributed by atoms with Gasteiger partial charge in [0, 0.05) is 36.0 Å². The summed E-state index contributed by atoms with van der Waals surface area (Å²) in [6.07, 6.45) is -2.00. The average molecular weight is 485 g/mol. The third-order valence-corrected chi connectivity index (χ3v) is 6.34. The topological polar surface area (TPSA) is 44.9 Å². The minimum atomic E-state index is -4.59. The van der Waals surface area contributed by atoms with Crippen LogP contribution in [0.3, 0.4) is 0 Å². The summed E-state index contributed by atoms with van der Waals surface area (Å²) in [5, 5.41) is 3.42. The van der Waals surface area contributed by atoms with Gasteiger partial charge in [-0.25, -0.2) is 0 Å². The lowest BCUT2D eigenvalue weighted by molar-refractivity contribution is -0.137. The zero-order valence-electron chi connectivity index (χ0n) is 18.5. The van der Waals surface area contributed by atoms with E-state index >= 15 is 0 Å². The summed E-state index contributed by atoms with van der Waals surface area (Å²) in [7, 11) is 0. The zero-order valence-corrected chi connectivity index (χ0v) is 19.3. The summed E-state index contributed by atoms with van der Waals surface area (Å²) in [6, 6.07) is 19.2. The van der Waals surface area contributed by atoms with Crippen LogP contribution in [-0.4, -0.2) is 10.9 Å². The number of H-pyrrole nitrogens is 1. The van der Waals surface area contributed by atoms with Crippen molar-refractivity contribution in [2.45, 2.75) is 38.4 Å². The summed E-state index contributed by atoms with van der Waals surface area (Å²) in [5.41, 5.74) is 3.22. The van der Waals surface area contributed by atoms with E-state index in [0.29, 0.717) is 12.1 Å². The van der Waals surface area contributed by atoms with E-state index in [4.69, 9.17) is 11.6 Å². The number of carbonyl (C=O) groups excluding carboxylic acids is 1. The first-order valence-corrected chi connectivity index (χ1v) is 11.4. The van der Waals surface area contributed by atoms with Gasteiger partial charge in [-0.1, -0.05) is 73.1 Å². The molecule has 0 aliphatic rings. The van der Waals surface area contributed by atoms with E-state index in [1.54, 1.807) is 12.3 Å². The number of aryl methyl sites for hydroxylation is 1. The number of halogens is 4. The van der Waals surface area contributed by atoms with E-state index in [1.807, 2.05) is 55.5 Å². The minimum absolute atomic E-state index is 0.00489. The normalized spacial score (nSPS) is 12.6. The Hall–Kier alpha value is -3.25. The van der Waals surface area contributed by atoms with Crippen molar-refractivity contribution in [1.82, 2.24) is 10.3 Å². The first-order valence-electron chi connectivity index (χ1n) is 11.0. The molecular formula is C27H24ClF3N2O. The van der Waals surface area contributed by atoms with Crippen molar-refractivity contribution in [3.8, 4) is 0 Å².